The minimum absolute atomic E-state index is 0.218. The summed E-state index contributed by atoms with van der Waals surface area (Å²) in [6.07, 6.45) is 0. The fraction of sp³-hybridized carbons (Fsp3) is 0.278. The van der Waals surface area contributed by atoms with Gasteiger partial charge in [0, 0.05) is 6.54 Å². The minimum atomic E-state index is -0.680. The smallest absolute Gasteiger partial charge is 0.241 e. The maximum Gasteiger partial charge on any atom is 0.241 e. The third-order valence-corrected chi connectivity index (χ3v) is 3.44. The van der Waals surface area contributed by atoms with Crippen molar-refractivity contribution in [3.05, 3.63) is 59.7 Å². The van der Waals surface area contributed by atoms with Gasteiger partial charge in [0.05, 0.1) is 13.7 Å². The zero-order valence-corrected chi connectivity index (χ0v) is 13.4. The second kappa shape index (κ2) is 8.19. The van der Waals surface area contributed by atoms with Crippen LogP contribution in [0.5, 0.6) is 11.5 Å². The maximum absolute atomic E-state index is 12.1. The molecule has 0 bridgehead atoms. The Balaban J connectivity index is 1.99. The van der Waals surface area contributed by atoms with Gasteiger partial charge in [0.25, 0.3) is 0 Å². The first-order chi connectivity index (χ1) is 11.2. The maximum atomic E-state index is 12.1. The molecule has 0 saturated carbocycles. The first-order valence-corrected chi connectivity index (χ1v) is 7.53. The number of carbonyl (C=O) groups is 1. The van der Waals surface area contributed by atoms with Crippen molar-refractivity contribution in [2.45, 2.75) is 19.5 Å². The summed E-state index contributed by atoms with van der Waals surface area (Å²) in [5.74, 6) is 1.11. The van der Waals surface area contributed by atoms with Crippen LogP contribution >= 0.6 is 0 Å². The Morgan fingerprint density at radius 1 is 1.17 bits per heavy atom. The van der Waals surface area contributed by atoms with Gasteiger partial charge in [-0.05, 0) is 30.2 Å². The summed E-state index contributed by atoms with van der Waals surface area (Å²) in [5, 5.41) is 2.84. The van der Waals surface area contributed by atoms with E-state index in [0.717, 1.165) is 11.1 Å². The lowest BCUT2D eigenvalue weighted by Gasteiger charge is -2.14. The standard InChI is InChI=1S/C18H22N2O3/c1-3-23-15-10-9-13(11-16(15)22-2)12-20-18(21)17(19)14-7-5-4-6-8-14/h4-11,17H,3,12,19H2,1-2H3,(H,20,21). The monoisotopic (exact) mass is 314 g/mol. The summed E-state index contributed by atoms with van der Waals surface area (Å²) >= 11 is 0. The van der Waals surface area contributed by atoms with Gasteiger partial charge >= 0.3 is 0 Å². The number of nitrogens with two attached hydrogens (primary N) is 1. The largest absolute Gasteiger partial charge is 0.493 e. The van der Waals surface area contributed by atoms with Gasteiger partial charge in [-0.3, -0.25) is 4.79 Å². The Kier molecular flexibility index (Phi) is 6.00. The molecule has 1 unspecified atom stereocenters. The highest BCUT2D eigenvalue weighted by molar-refractivity contribution is 5.82. The van der Waals surface area contributed by atoms with Crippen molar-refractivity contribution in [1.82, 2.24) is 5.32 Å². The lowest BCUT2D eigenvalue weighted by Crippen LogP contribution is -2.33. The number of ether oxygens (including phenoxy) is 2. The van der Waals surface area contributed by atoms with Crippen LogP contribution < -0.4 is 20.5 Å². The molecule has 23 heavy (non-hydrogen) atoms. The zero-order valence-electron chi connectivity index (χ0n) is 13.4. The van der Waals surface area contributed by atoms with Gasteiger partial charge < -0.3 is 20.5 Å². The molecule has 0 aliphatic rings. The Hall–Kier alpha value is -2.53. The average Bonchev–Trinajstić information content (AvgIpc) is 2.60. The quantitative estimate of drug-likeness (QED) is 0.823. The fourth-order valence-corrected chi connectivity index (χ4v) is 2.21. The van der Waals surface area contributed by atoms with E-state index in [-0.39, 0.29) is 5.91 Å². The molecule has 5 heteroatoms. The van der Waals surface area contributed by atoms with Gasteiger partial charge in [0.2, 0.25) is 5.91 Å². The minimum Gasteiger partial charge on any atom is -0.493 e. The molecule has 0 saturated heterocycles. The molecular formula is C18H22N2O3. The zero-order chi connectivity index (χ0) is 16.7. The van der Waals surface area contributed by atoms with Crippen LogP contribution in [-0.4, -0.2) is 19.6 Å². The highest BCUT2D eigenvalue weighted by Crippen LogP contribution is 2.28. The van der Waals surface area contributed by atoms with Gasteiger partial charge in [0.1, 0.15) is 6.04 Å². The predicted molar refractivity (Wildman–Crippen MR) is 89.4 cm³/mol. The SMILES string of the molecule is CCOc1ccc(CNC(=O)C(N)c2ccccc2)cc1OC. The third-order valence-electron chi connectivity index (χ3n) is 3.44. The van der Waals surface area contributed by atoms with Gasteiger partial charge in [-0.1, -0.05) is 36.4 Å². The molecule has 0 radical (unpaired) electrons. The van der Waals surface area contributed by atoms with E-state index < -0.39 is 6.04 Å². The summed E-state index contributed by atoms with van der Waals surface area (Å²) < 4.78 is 10.8. The van der Waals surface area contributed by atoms with Crippen molar-refractivity contribution in [1.29, 1.82) is 0 Å². The topological polar surface area (TPSA) is 73.6 Å². The number of benzene rings is 2. The third kappa shape index (κ3) is 4.47. The molecule has 0 fully saturated rings. The van der Waals surface area contributed by atoms with Crippen molar-refractivity contribution in [2.24, 2.45) is 5.73 Å². The molecule has 0 aliphatic carbocycles. The highest BCUT2D eigenvalue weighted by Gasteiger charge is 2.15. The van der Waals surface area contributed by atoms with E-state index in [1.807, 2.05) is 55.5 Å². The molecule has 0 spiro atoms. The van der Waals surface area contributed by atoms with E-state index in [1.54, 1.807) is 7.11 Å². The molecule has 1 amide bonds. The summed E-state index contributed by atoms with van der Waals surface area (Å²) in [6.45, 7) is 2.86. The van der Waals surface area contributed by atoms with Crippen LogP contribution in [0, 0.1) is 0 Å². The number of carbonyl (C=O) groups excluding carboxylic acids is 1. The summed E-state index contributed by atoms with van der Waals surface area (Å²) in [4.78, 5) is 12.1. The van der Waals surface area contributed by atoms with Gasteiger partial charge in [-0.25, -0.2) is 0 Å². The van der Waals surface area contributed by atoms with E-state index in [4.69, 9.17) is 15.2 Å². The lowest BCUT2D eigenvalue weighted by molar-refractivity contribution is -0.122. The number of nitrogens with one attached hydrogen (secondary N) is 1. The molecular weight excluding hydrogens is 292 g/mol. The Labute approximate surface area is 136 Å². The lowest BCUT2D eigenvalue weighted by atomic mass is 10.1. The second-order valence-electron chi connectivity index (χ2n) is 5.02. The van der Waals surface area contributed by atoms with E-state index in [2.05, 4.69) is 5.32 Å². The average molecular weight is 314 g/mol. The van der Waals surface area contributed by atoms with Crippen LogP contribution in [0.15, 0.2) is 48.5 Å². The number of rotatable bonds is 7. The van der Waals surface area contributed by atoms with Crippen molar-refractivity contribution in [3.63, 3.8) is 0 Å². The first kappa shape index (κ1) is 16.8. The molecule has 2 aromatic carbocycles. The Bertz CT molecular complexity index is 644. The summed E-state index contributed by atoms with van der Waals surface area (Å²) in [7, 11) is 1.59. The fourth-order valence-electron chi connectivity index (χ4n) is 2.21. The molecule has 0 heterocycles. The summed E-state index contributed by atoms with van der Waals surface area (Å²) in [6, 6.07) is 14.2. The Morgan fingerprint density at radius 3 is 2.57 bits per heavy atom. The predicted octanol–water partition coefficient (Wildman–Crippen LogP) is 2.41. The van der Waals surface area contributed by atoms with Crippen molar-refractivity contribution in [3.8, 4) is 11.5 Å². The van der Waals surface area contributed by atoms with Crippen LogP contribution in [-0.2, 0) is 11.3 Å². The van der Waals surface area contributed by atoms with E-state index in [9.17, 15) is 4.79 Å². The molecule has 0 aliphatic heterocycles. The molecule has 2 aromatic rings. The Morgan fingerprint density at radius 2 is 1.91 bits per heavy atom. The summed E-state index contributed by atoms with van der Waals surface area (Å²) in [5.41, 5.74) is 7.67. The van der Waals surface area contributed by atoms with Crippen LogP contribution in [0.1, 0.15) is 24.1 Å². The first-order valence-electron chi connectivity index (χ1n) is 7.53. The molecule has 1 atom stereocenters. The van der Waals surface area contributed by atoms with E-state index in [0.29, 0.717) is 24.7 Å². The highest BCUT2D eigenvalue weighted by atomic mass is 16.5. The number of methoxy groups -OCH3 is 1. The van der Waals surface area contributed by atoms with Gasteiger partial charge in [-0.15, -0.1) is 0 Å². The van der Waals surface area contributed by atoms with Crippen molar-refractivity contribution in [2.75, 3.05) is 13.7 Å². The van der Waals surface area contributed by atoms with Gasteiger partial charge in [-0.2, -0.15) is 0 Å². The van der Waals surface area contributed by atoms with Crippen LogP contribution in [0.25, 0.3) is 0 Å². The second-order valence-corrected chi connectivity index (χ2v) is 5.02. The molecule has 122 valence electrons. The van der Waals surface area contributed by atoms with Crippen LogP contribution in [0.3, 0.4) is 0 Å². The number of amides is 1. The number of hydrogen-bond acceptors (Lipinski definition) is 4. The number of hydrogen-bond donors (Lipinski definition) is 2. The van der Waals surface area contributed by atoms with Gasteiger partial charge in [0.15, 0.2) is 11.5 Å². The normalized spacial score (nSPS) is 11.6. The van der Waals surface area contributed by atoms with E-state index in [1.165, 1.54) is 0 Å². The van der Waals surface area contributed by atoms with Crippen LogP contribution in [0.2, 0.25) is 0 Å². The van der Waals surface area contributed by atoms with Crippen molar-refractivity contribution < 1.29 is 14.3 Å². The molecule has 2 rings (SSSR count). The molecule has 3 N–H and O–H groups in total. The van der Waals surface area contributed by atoms with Crippen molar-refractivity contribution >= 4 is 5.91 Å². The molecule has 5 nitrogen and oxygen atoms in total. The van der Waals surface area contributed by atoms with Crippen LogP contribution in [0.4, 0.5) is 0 Å². The molecule has 0 aromatic heterocycles. The van der Waals surface area contributed by atoms with E-state index >= 15 is 0 Å².